The van der Waals surface area contributed by atoms with Crippen LogP contribution >= 0.6 is 0 Å². The zero-order chi connectivity index (χ0) is 24.1. The Morgan fingerprint density at radius 2 is 1.71 bits per heavy atom. The van der Waals surface area contributed by atoms with E-state index in [0.717, 1.165) is 11.1 Å². The molecule has 6 rings (SSSR count). The van der Waals surface area contributed by atoms with Crippen molar-refractivity contribution in [1.82, 2.24) is 15.0 Å². The summed E-state index contributed by atoms with van der Waals surface area (Å²) in [6.07, 6.45) is 3.20. The molecular formula is C27H19N3O5. The van der Waals surface area contributed by atoms with Gasteiger partial charge in [-0.15, -0.1) is 0 Å². The summed E-state index contributed by atoms with van der Waals surface area (Å²) in [4.78, 5) is 25.7. The van der Waals surface area contributed by atoms with Crippen LogP contribution in [0.25, 0.3) is 55.3 Å². The summed E-state index contributed by atoms with van der Waals surface area (Å²) >= 11 is 0. The minimum atomic E-state index is -0.662. The molecule has 2 N–H and O–H groups in total. The average Bonchev–Trinajstić information content (AvgIpc) is 3.28. The SMILES string of the molecule is COc1ccc(-c2[nH]c3ccc4nccnc4c3c2-c2c(O)c3ccccc3oc2=O)cc1OC. The molecule has 0 amide bonds. The molecule has 35 heavy (non-hydrogen) atoms. The molecular weight excluding hydrogens is 446 g/mol. The van der Waals surface area contributed by atoms with Crippen LogP contribution in [0.5, 0.6) is 17.2 Å². The third-order valence-electron chi connectivity index (χ3n) is 6.11. The first-order chi connectivity index (χ1) is 17.1. The van der Waals surface area contributed by atoms with Crippen molar-refractivity contribution in [2.24, 2.45) is 0 Å². The van der Waals surface area contributed by atoms with Gasteiger partial charge >= 0.3 is 5.63 Å². The maximum absolute atomic E-state index is 13.3. The number of benzene rings is 3. The lowest BCUT2D eigenvalue weighted by molar-refractivity contribution is 0.355. The summed E-state index contributed by atoms with van der Waals surface area (Å²) in [5.41, 5.74) is 3.44. The van der Waals surface area contributed by atoms with E-state index in [-0.39, 0.29) is 11.3 Å². The second kappa shape index (κ2) is 7.88. The molecule has 8 heteroatoms. The van der Waals surface area contributed by atoms with Crippen LogP contribution in [0.4, 0.5) is 0 Å². The Hall–Kier alpha value is -4.85. The van der Waals surface area contributed by atoms with Crippen molar-refractivity contribution in [2.75, 3.05) is 14.2 Å². The van der Waals surface area contributed by atoms with Gasteiger partial charge in [0.15, 0.2) is 11.5 Å². The van der Waals surface area contributed by atoms with E-state index < -0.39 is 5.63 Å². The highest BCUT2D eigenvalue weighted by Gasteiger charge is 2.26. The third kappa shape index (κ3) is 3.11. The zero-order valence-electron chi connectivity index (χ0n) is 18.8. The highest BCUT2D eigenvalue weighted by atomic mass is 16.5. The normalized spacial score (nSPS) is 11.4. The van der Waals surface area contributed by atoms with Gasteiger partial charge in [-0.1, -0.05) is 12.1 Å². The van der Waals surface area contributed by atoms with Gasteiger partial charge in [0.25, 0.3) is 0 Å². The number of aromatic nitrogens is 3. The number of aromatic hydroxyl groups is 1. The van der Waals surface area contributed by atoms with Crippen LogP contribution in [0, 0.1) is 0 Å². The number of nitrogens with one attached hydrogen (secondary N) is 1. The molecule has 8 nitrogen and oxygen atoms in total. The van der Waals surface area contributed by atoms with Crippen molar-refractivity contribution in [3.63, 3.8) is 0 Å². The standard InChI is InChI=1S/C27H19N3O5/c1-33-19-10-7-14(13-20(19)34-2)24-22(21-16(30-24)8-9-17-25(21)29-12-11-28-17)23-26(31)15-5-3-4-6-18(15)35-27(23)32/h3-13,30-31H,1-2H3. The number of nitrogens with zero attached hydrogens (tertiary/aromatic N) is 2. The molecule has 6 aromatic rings. The van der Waals surface area contributed by atoms with Gasteiger partial charge in [-0.2, -0.15) is 0 Å². The molecule has 0 aliphatic rings. The largest absolute Gasteiger partial charge is 0.506 e. The van der Waals surface area contributed by atoms with Crippen molar-refractivity contribution >= 4 is 32.9 Å². The molecule has 0 bridgehead atoms. The lowest BCUT2D eigenvalue weighted by atomic mass is 9.96. The third-order valence-corrected chi connectivity index (χ3v) is 6.11. The van der Waals surface area contributed by atoms with Gasteiger partial charge < -0.3 is 24.0 Å². The zero-order valence-corrected chi connectivity index (χ0v) is 18.8. The van der Waals surface area contributed by atoms with Gasteiger partial charge in [-0.25, -0.2) is 4.79 Å². The summed E-state index contributed by atoms with van der Waals surface area (Å²) in [5.74, 6) is 0.924. The lowest BCUT2D eigenvalue weighted by Gasteiger charge is -2.12. The smallest absolute Gasteiger partial charge is 0.348 e. The van der Waals surface area contributed by atoms with Crippen LogP contribution in [-0.2, 0) is 0 Å². The predicted molar refractivity (Wildman–Crippen MR) is 133 cm³/mol. The fourth-order valence-electron chi connectivity index (χ4n) is 4.53. The van der Waals surface area contributed by atoms with E-state index in [4.69, 9.17) is 13.9 Å². The molecule has 3 heterocycles. The van der Waals surface area contributed by atoms with Crippen LogP contribution < -0.4 is 15.1 Å². The Morgan fingerprint density at radius 1 is 0.914 bits per heavy atom. The number of hydrogen-bond donors (Lipinski definition) is 2. The second-order valence-corrected chi connectivity index (χ2v) is 7.97. The van der Waals surface area contributed by atoms with E-state index >= 15 is 0 Å². The first-order valence-corrected chi connectivity index (χ1v) is 10.8. The van der Waals surface area contributed by atoms with Crippen LogP contribution in [0.15, 0.2) is 76.2 Å². The minimum Gasteiger partial charge on any atom is -0.506 e. The van der Waals surface area contributed by atoms with E-state index in [1.54, 1.807) is 63.0 Å². The van der Waals surface area contributed by atoms with Crippen LogP contribution in [-0.4, -0.2) is 34.3 Å². The van der Waals surface area contributed by atoms with Crippen LogP contribution in [0.2, 0.25) is 0 Å². The lowest BCUT2D eigenvalue weighted by Crippen LogP contribution is -2.04. The van der Waals surface area contributed by atoms with Gasteiger partial charge in [-0.05, 0) is 42.5 Å². The van der Waals surface area contributed by atoms with Crippen LogP contribution in [0.1, 0.15) is 0 Å². The Labute approximate surface area is 198 Å². The van der Waals surface area contributed by atoms with E-state index in [1.165, 1.54) is 0 Å². The molecule has 0 atom stereocenters. The molecule has 0 saturated heterocycles. The Kier molecular flexibility index (Phi) is 4.67. The molecule has 0 aliphatic carbocycles. The second-order valence-electron chi connectivity index (χ2n) is 7.97. The first kappa shape index (κ1) is 20.7. The predicted octanol–water partition coefficient (Wildman–Crippen LogP) is 5.27. The van der Waals surface area contributed by atoms with Crippen molar-refractivity contribution in [3.05, 3.63) is 77.4 Å². The van der Waals surface area contributed by atoms with Gasteiger partial charge in [0.2, 0.25) is 0 Å². The fourth-order valence-corrected chi connectivity index (χ4v) is 4.53. The van der Waals surface area contributed by atoms with Gasteiger partial charge in [0.1, 0.15) is 16.9 Å². The Balaban J connectivity index is 1.79. The van der Waals surface area contributed by atoms with Gasteiger partial charge in [-0.3, -0.25) is 9.97 Å². The molecule has 0 fully saturated rings. The maximum Gasteiger partial charge on any atom is 0.348 e. The monoisotopic (exact) mass is 465 g/mol. The summed E-state index contributed by atoms with van der Waals surface area (Å²) < 4.78 is 16.5. The highest BCUT2D eigenvalue weighted by molar-refractivity contribution is 6.16. The number of hydrogen-bond acceptors (Lipinski definition) is 7. The van der Waals surface area contributed by atoms with E-state index in [0.29, 0.717) is 50.1 Å². The van der Waals surface area contributed by atoms with E-state index in [1.807, 2.05) is 18.2 Å². The number of ether oxygens (including phenoxy) is 2. The van der Waals surface area contributed by atoms with Gasteiger partial charge in [0, 0.05) is 34.4 Å². The topological polar surface area (TPSA) is 110 Å². The molecule has 0 radical (unpaired) electrons. The fraction of sp³-hybridized carbons (Fsp3) is 0.0741. The molecule has 0 aliphatic heterocycles. The molecule has 3 aromatic carbocycles. The Bertz CT molecular complexity index is 1820. The number of aromatic amines is 1. The highest BCUT2D eigenvalue weighted by Crippen LogP contribution is 2.45. The Morgan fingerprint density at radius 3 is 2.54 bits per heavy atom. The van der Waals surface area contributed by atoms with Crippen molar-refractivity contribution in [3.8, 4) is 39.6 Å². The summed E-state index contributed by atoms with van der Waals surface area (Å²) in [5, 5.41) is 12.4. The average molecular weight is 465 g/mol. The molecule has 0 spiro atoms. The molecule has 0 unspecified atom stereocenters. The van der Waals surface area contributed by atoms with Crippen LogP contribution in [0.3, 0.4) is 0 Å². The first-order valence-electron chi connectivity index (χ1n) is 10.8. The number of methoxy groups -OCH3 is 2. The van der Waals surface area contributed by atoms with Gasteiger partial charge in [0.05, 0.1) is 36.3 Å². The number of H-pyrrole nitrogens is 1. The van der Waals surface area contributed by atoms with Crippen molar-refractivity contribution in [2.45, 2.75) is 0 Å². The summed E-state index contributed by atoms with van der Waals surface area (Å²) in [7, 11) is 3.12. The molecule has 3 aromatic heterocycles. The minimum absolute atomic E-state index is 0.0397. The number of fused-ring (bicyclic) bond motifs is 4. The van der Waals surface area contributed by atoms with Crippen molar-refractivity contribution in [1.29, 1.82) is 0 Å². The maximum atomic E-state index is 13.3. The molecule has 172 valence electrons. The van der Waals surface area contributed by atoms with E-state index in [2.05, 4.69) is 15.0 Å². The number of para-hydroxylation sites is 1. The van der Waals surface area contributed by atoms with E-state index in [9.17, 15) is 9.90 Å². The summed E-state index contributed by atoms with van der Waals surface area (Å²) in [6, 6.07) is 16.0. The quantitative estimate of drug-likeness (QED) is 0.341. The van der Waals surface area contributed by atoms with Crippen molar-refractivity contribution < 1.29 is 19.0 Å². The number of rotatable bonds is 4. The molecule has 0 saturated carbocycles. The summed E-state index contributed by atoms with van der Waals surface area (Å²) in [6.45, 7) is 0.